The number of hydrogen-bond donors (Lipinski definition) is 2. The zero-order chi connectivity index (χ0) is 14.5. The van der Waals surface area contributed by atoms with Crippen LogP contribution in [0.3, 0.4) is 0 Å². The number of carboxylic acids is 1. The van der Waals surface area contributed by atoms with Gasteiger partial charge in [0, 0.05) is 13.1 Å². The molecular formula is C15H20N2O3. The van der Waals surface area contributed by atoms with Gasteiger partial charge in [0.15, 0.2) is 0 Å². The van der Waals surface area contributed by atoms with Gasteiger partial charge in [0.2, 0.25) is 5.91 Å². The van der Waals surface area contributed by atoms with Crippen molar-refractivity contribution >= 4 is 11.9 Å². The molecule has 1 aromatic rings. The van der Waals surface area contributed by atoms with Crippen LogP contribution >= 0.6 is 0 Å². The lowest BCUT2D eigenvalue weighted by molar-refractivity contribution is -0.141. The van der Waals surface area contributed by atoms with Crippen molar-refractivity contribution in [3.8, 4) is 0 Å². The van der Waals surface area contributed by atoms with Crippen LogP contribution in [0.5, 0.6) is 0 Å². The van der Waals surface area contributed by atoms with Gasteiger partial charge in [-0.25, -0.2) is 0 Å². The van der Waals surface area contributed by atoms with Gasteiger partial charge in [-0.15, -0.1) is 0 Å². The van der Waals surface area contributed by atoms with Gasteiger partial charge in [-0.1, -0.05) is 30.3 Å². The Balaban J connectivity index is 1.82. The largest absolute Gasteiger partial charge is 0.481 e. The van der Waals surface area contributed by atoms with Gasteiger partial charge in [0.1, 0.15) is 0 Å². The highest BCUT2D eigenvalue weighted by Gasteiger charge is 2.32. The topological polar surface area (TPSA) is 83.6 Å². The number of nitrogens with zero attached hydrogens (tertiary/aromatic N) is 1. The first-order valence-corrected chi connectivity index (χ1v) is 6.89. The Morgan fingerprint density at radius 1 is 1.35 bits per heavy atom. The summed E-state index contributed by atoms with van der Waals surface area (Å²) < 4.78 is 0. The number of benzene rings is 1. The van der Waals surface area contributed by atoms with Crippen molar-refractivity contribution in [2.45, 2.75) is 25.3 Å². The molecule has 20 heavy (non-hydrogen) atoms. The van der Waals surface area contributed by atoms with Crippen LogP contribution in [0.25, 0.3) is 0 Å². The summed E-state index contributed by atoms with van der Waals surface area (Å²) in [4.78, 5) is 24.6. The Labute approximate surface area is 118 Å². The zero-order valence-corrected chi connectivity index (χ0v) is 11.4. The van der Waals surface area contributed by atoms with Gasteiger partial charge in [0.05, 0.1) is 12.0 Å². The van der Waals surface area contributed by atoms with E-state index in [9.17, 15) is 9.59 Å². The van der Waals surface area contributed by atoms with Gasteiger partial charge in [-0.05, 0) is 24.8 Å². The predicted octanol–water partition coefficient (Wildman–Crippen LogP) is 0.880. The van der Waals surface area contributed by atoms with E-state index in [1.165, 1.54) is 0 Å². The summed E-state index contributed by atoms with van der Waals surface area (Å²) in [7, 11) is 0. The van der Waals surface area contributed by atoms with Crippen molar-refractivity contribution in [3.05, 3.63) is 35.9 Å². The number of nitrogens with two attached hydrogens (primary N) is 1. The fourth-order valence-corrected chi connectivity index (χ4v) is 2.49. The number of aryl methyl sites for hydroxylation is 1. The molecule has 1 aliphatic heterocycles. The molecule has 2 unspecified atom stereocenters. The molecule has 1 heterocycles. The molecule has 2 atom stereocenters. The van der Waals surface area contributed by atoms with Crippen LogP contribution in [0.2, 0.25) is 0 Å². The highest BCUT2D eigenvalue weighted by Crippen LogP contribution is 2.17. The number of carbonyl (C=O) groups is 2. The lowest BCUT2D eigenvalue weighted by Gasteiger charge is -2.20. The highest BCUT2D eigenvalue weighted by molar-refractivity contribution is 5.83. The molecule has 0 bridgehead atoms. The maximum absolute atomic E-state index is 12.1. The molecule has 5 nitrogen and oxygen atoms in total. The molecule has 0 radical (unpaired) electrons. The predicted molar refractivity (Wildman–Crippen MR) is 75.1 cm³/mol. The first kappa shape index (κ1) is 14.5. The average molecular weight is 276 g/mol. The number of carboxylic acid groups (broad SMARTS) is 1. The van der Waals surface area contributed by atoms with Crippen LogP contribution in [-0.4, -0.2) is 41.0 Å². The van der Waals surface area contributed by atoms with E-state index >= 15 is 0 Å². The summed E-state index contributed by atoms with van der Waals surface area (Å²) in [5.74, 6) is -1.41. The third-order valence-electron chi connectivity index (χ3n) is 3.75. The maximum Gasteiger partial charge on any atom is 0.308 e. The normalized spacial score (nSPS) is 19.9. The number of carbonyl (C=O) groups excluding carboxylic acids is 1. The molecule has 1 aromatic carbocycles. The molecule has 0 spiro atoms. The first-order chi connectivity index (χ1) is 9.58. The van der Waals surface area contributed by atoms with E-state index in [4.69, 9.17) is 10.8 Å². The van der Waals surface area contributed by atoms with Gasteiger partial charge in [0.25, 0.3) is 0 Å². The number of rotatable bonds is 5. The lowest BCUT2D eigenvalue weighted by atomic mass is 10.1. The summed E-state index contributed by atoms with van der Waals surface area (Å²) in [5.41, 5.74) is 7.08. The average Bonchev–Trinajstić information content (AvgIpc) is 2.95. The van der Waals surface area contributed by atoms with E-state index in [1.807, 2.05) is 30.3 Å². The number of aliphatic carboxylic acids is 1. The molecule has 3 N–H and O–H groups in total. The fraction of sp³-hybridized carbons (Fsp3) is 0.467. The summed E-state index contributed by atoms with van der Waals surface area (Å²) in [6.07, 6.45) is 1.85. The van der Waals surface area contributed by atoms with Crippen molar-refractivity contribution < 1.29 is 14.7 Å². The third-order valence-corrected chi connectivity index (χ3v) is 3.75. The van der Waals surface area contributed by atoms with E-state index in [0.717, 1.165) is 12.0 Å². The molecule has 108 valence electrons. The fourth-order valence-electron chi connectivity index (χ4n) is 2.49. The number of amides is 1. The lowest BCUT2D eigenvalue weighted by Crippen LogP contribution is -2.43. The molecule has 2 rings (SSSR count). The standard InChI is InChI=1S/C15H20N2O3/c16-13(7-6-11-4-2-1-3-5-11)14(18)17-9-8-12(10-17)15(19)20/h1-5,12-13H,6-10,16H2,(H,19,20). The van der Waals surface area contributed by atoms with Crippen LogP contribution in [0.4, 0.5) is 0 Å². The van der Waals surface area contributed by atoms with Crippen molar-refractivity contribution in [2.24, 2.45) is 11.7 Å². The molecule has 0 saturated carbocycles. The van der Waals surface area contributed by atoms with Gasteiger partial charge < -0.3 is 15.7 Å². The number of hydrogen-bond acceptors (Lipinski definition) is 3. The minimum Gasteiger partial charge on any atom is -0.481 e. The van der Waals surface area contributed by atoms with E-state index in [0.29, 0.717) is 19.4 Å². The van der Waals surface area contributed by atoms with Gasteiger partial charge in [-0.3, -0.25) is 9.59 Å². The van der Waals surface area contributed by atoms with Crippen LogP contribution < -0.4 is 5.73 Å². The molecular weight excluding hydrogens is 256 g/mol. The third kappa shape index (κ3) is 3.57. The molecule has 1 fully saturated rings. The summed E-state index contributed by atoms with van der Waals surface area (Å²) in [5, 5.41) is 8.93. The molecule has 1 aliphatic rings. The van der Waals surface area contributed by atoms with Gasteiger partial charge in [-0.2, -0.15) is 0 Å². The Morgan fingerprint density at radius 2 is 2.05 bits per heavy atom. The minimum atomic E-state index is -0.835. The summed E-state index contributed by atoms with van der Waals surface area (Å²) in [6, 6.07) is 9.33. The first-order valence-electron chi connectivity index (χ1n) is 6.89. The Hall–Kier alpha value is -1.88. The van der Waals surface area contributed by atoms with Crippen molar-refractivity contribution in [1.29, 1.82) is 0 Å². The van der Waals surface area contributed by atoms with E-state index in [2.05, 4.69) is 0 Å². The number of likely N-dealkylation sites (tertiary alicyclic amines) is 1. The van der Waals surface area contributed by atoms with Gasteiger partial charge >= 0.3 is 5.97 Å². The minimum absolute atomic E-state index is 0.135. The summed E-state index contributed by atoms with van der Waals surface area (Å²) in [6.45, 7) is 0.780. The quantitative estimate of drug-likeness (QED) is 0.836. The van der Waals surface area contributed by atoms with Crippen LogP contribution in [0.1, 0.15) is 18.4 Å². The van der Waals surface area contributed by atoms with Crippen molar-refractivity contribution in [2.75, 3.05) is 13.1 Å². The molecule has 1 amide bonds. The SMILES string of the molecule is NC(CCc1ccccc1)C(=O)N1CCC(C(=O)O)C1. The maximum atomic E-state index is 12.1. The Kier molecular flexibility index (Phi) is 4.74. The second kappa shape index (κ2) is 6.52. The molecule has 1 saturated heterocycles. The van der Waals surface area contributed by atoms with E-state index in [-0.39, 0.29) is 12.5 Å². The molecule has 0 aromatic heterocycles. The summed E-state index contributed by atoms with van der Waals surface area (Å²) >= 11 is 0. The van der Waals surface area contributed by atoms with Crippen LogP contribution in [0, 0.1) is 5.92 Å². The molecule has 0 aliphatic carbocycles. The van der Waals surface area contributed by atoms with Crippen molar-refractivity contribution in [3.63, 3.8) is 0 Å². The van der Waals surface area contributed by atoms with Crippen LogP contribution in [0.15, 0.2) is 30.3 Å². The van der Waals surface area contributed by atoms with E-state index in [1.54, 1.807) is 4.90 Å². The molecule has 5 heteroatoms. The highest BCUT2D eigenvalue weighted by atomic mass is 16.4. The second-order valence-electron chi connectivity index (χ2n) is 5.24. The smallest absolute Gasteiger partial charge is 0.308 e. The Morgan fingerprint density at radius 3 is 2.65 bits per heavy atom. The van der Waals surface area contributed by atoms with Crippen LogP contribution in [-0.2, 0) is 16.0 Å². The second-order valence-corrected chi connectivity index (χ2v) is 5.24. The zero-order valence-electron chi connectivity index (χ0n) is 11.4. The van der Waals surface area contributed by atoms with E-state index < -0.39 is 17.9 Å². The Bertz CT molecular complexity index is 475. The monoisotopic (exact) mass is 276 g/mol. The van der Waals surface area contributed by atoms with Crippen molar-refractivity contribution in [1.82, 2.24) is 4.90 Å².